The number of thiazole rings is 1. The van der Waals surface area contributed by atoms with E-state index < -0.39 is 0 Å². The molecule has 0 bridgehead atoms. The van der Waals surface area contributed by atoms with Gasteiger partial charge in [0.25, 0.3) is 5.91 Å². The van der Waals surface area contributed by atoms with Gasteiger partial charge < -0.3 is 10.2 Å². The highest BCUT2D eigenvalue weighted by molar-refractivity contribution is 7.11. The van der Waals surface area contributed by atoms with Crippen LogP contribution in [-0.4, -0.2) is 53.9 Å². The molecule has 1 unspecified atom stereocenters. The van der Waals surface area contributed by atoms with E-state index in [4.69, 9.17) is 0 Å². The first-order chi connectivity index (χ1) is 12.4. The van der Waals surface area contributed by atoms with E-state index in [0.29, 0.717) is 5.56 Å². The number of benzene rings is 1. The number of hydrogen-bond acceptors (Lipinski definition) is 5. The molecule has 3 rings (SSSR count). The Labute approximate surface area is 160 Å². The maximum absolute atomic E-state index is 12.5. The highest BCUT2D eigenvalue weighted by atomic mass is 32.1. The van der Waals surface area contributed by atoms with Crippen molar-refractivity contribution in [3.63, 3.8) is 0 Å². The van der Waals surface area contributed by atoms with Crippen LogP contribution < -0.4 is 5.32 Å². The number of carbonyl (C=O) groups is 1. The lowest BCUT2D eigenvalue weighted by Gasteiger charge is -2.32. The summed E-state index contributed by atoms with van der Waals surface area (Å²) in [5.41, 5.74) is 2.97. The first-order valence-corrected chi connectivity index (χ1v) is 9.98. The van der Waals surface area contributed by atoms with Crippen molar-refractivity contribution in [1.82, 2.24) is 20.1 Å². The predicted octanol–water partition coefficient (Wildman–Crippen LogP) is 3.00. The van der Waals surface area contributed by atoms with Gasteiger partial charge in [-0.1, -0.05) is 12.1 Å². The predicted molar refractivity (Wildman–Crippen MR) is 107 cm³/mol. The van der Waals surface area contributed by atoms with E-state index in [0.717, 1.165) is 48.3 Å². The molecule has 1 aliphatic rings. The molecular formula is C20H28N4OS. The second kappa shape index (κ2) is 8.29. The molecular weight excluding hydrogens is 344 g/mol. The molecule has 0 aliphatic carbocycles. The fourth-order valence-corrected chi connectivity index (χ4v) is 4.25. The summed E-state index contributed by atoms with van der Waals surface area (Å²) in [5.74, 6) is -0.0332. The van der Waals surface area contributed by atoms with Gasteiger partial charge in [-0.3, -0.25) is 9.69 Å². The highest BCUT2D eigenvalue weighted by Gasteiger charge is 2.17. The van der Waals surface area contributed by atoms with Crippen LogP contribution in [0.25, 0.3) is 0 Å². The topological polar surface area (TPSA) is 48.5 Å². The maximum atomic E-state index is 12.5. The molecule has 1 aromatic carbocycles. The SMILES string of the molecule is Cc1nc(C)c(C(C)NC(=O)c2ccc(CN3CCN(C)CC3)cc2)s1. The number of amides is 1. The second-order valence-corrected chi connectivity index (χ2v) is 8.39. The Hall–Kier alpha value is -1.76. The van der Waals surface area contributed by atoms with Gasteiger partial charge in [0.05, 0.1) is 16.7 Å². The number of nitrogens with one attached hydrogen (secondary N) is 1. The number of carbonyl (C=O) groups excluding carboxylic acids is 1. The van der Waals surface area contributed by atoms with Gasteiger partial charge in [0.1, 0.15) is 0 Å². The number of piperazine rings is 1. The molecule has 2 heterocycles. The number of nitrogens with zero attached hydrogens (tertiary/aromatic N) is 3. The van der Waals surface area contributed by atoms with Gasteiger partial charge in [0, 0.05) is 43.2 Å². The largest absolute Gasteiger partial charge is 0.345 e. The fourth-order valence-electron chi connectivity index (χ4n) is 3.32. The lowest BCUT2D eigenvalue weighted by Crippen LogP contribution is -2.43. The Bertz CT molecular complexity index is 748. The van der Waals surface area contributed by atoms with Crippen molar-refractivity contribution in [2.24, 2.45) is 0 Å². The normalized spacial score (nSPS) is 17.2. The van der Waals surface area contributed by atoms with Crippen molar-refractivity contribution in [1.29, 1.82) is 0 Å². The van der Waals surface area contributed by atoms with Crippen molar-refractivity contribution in [3.05, 3.63) is 51.0 Å². The minimum Gasteiger partial charge on any atom is -0.345 e. The Morgan fingerprint density at radius 3 is 2.42 bits per heavy atom. The van der Waals surface area contributed by atoms with Gasteiger partial charge in [0.15, 0.2) is 0 Å². The molecule has 1 aliphatic heterocycles. The van der Waals surface area contributed by atoms with E-state index in [1.807, 2.05) is 32.9 Å². The monoisotopic (exact) mass is 372 g/mol. The van der Waals surface area contributed by atoms with Crippen LogP contribution in [0.15, 0.2) is 24.3 Å². The van der Waals surface area contributed by atoms with Crippen LogP contribution in [-0.2, 0) is 6.54 Å². The molecule has 6 heteroatoms. The molecule has 1 saturated heterocycles. The van der Waals surface area contributed by atoms with Crippen LogP contribution in [0.4, 0.5) is 0 Å². The summed E-state index contributed by atoms with van der Waals surface area (Å²) in [6.07, 6.45) is 0. The lowest BCUT2D eigenvalue weighted by atomic mass is 10.1. The zero-order valence-corrected chi connectivity index (χ0v) is 16.9. The van der Waals surface area contributed by atoms with Crippen molar-refractivity contribution in [2.45, 2.75) is 33.4 Å². The van der Waals surface area contributed by atoms with Crippen LogP contribution in [0.2, 0.25) is 0 Å². The summed E-state index contributed by atoms with van der Waals surface area (Å²) in [7, 11) is 2.17. The fraction of sp³-hybridized carbons (Fsp3) is 0.500. The van der Waals surface area contributed by atoms with Gasteiger partial charge in [-0.15, -0.1) is 11.3 Å². The molecule has 140 valence electrons. The molecule has 0 saturated carbocycles. The summed E-state index contributed by atoms with van der Waals surface area (Å²) in [6, 6.07) is 7.97. The molecule has 0 radical (unpaired) electrons. The molecule has 26 heavy (non-hydrogen) atoms. The third-order valence-corrected chi connectivity index (χ3v) is 6.15. The number of aromatic nitrogens is 1. The minimum absolute atomic E-state index is 0.0290. The van der Waals surface area contributed by atoms with Crippen LogP contribution in [0.3, 0.4) is 0 Å². The molecule has 1 atom stereocenters. The number of likely N-dealkylation sites (N-methyl/N-ethyl adjacent to an activating group) is 1. The molecule has 1 fully saturated rings. The first kappa shape index (κ1) is 19.0. The second-order valence-electron chi connectivity index (χ2n) is 7.15. The van der Waals surface area contributed by atoms with E-state index in [-0.39, 0.29) is 11.9 Å². The van der Waals surface area contributed by atoms with Crippen LogP contribution in [0, 0.1) is 13.8 Å². The van der Waals surface area contributed by atoms with Crippen LogP contribution in [0.5, 0.6) is 0 Å². The summed E-state index contributed by atoms with van der Waals surface area (Å²) in [4.78, 5) is 22.9. The minimum atomic E-state index is -0.0332. The van der Waals surface area contributed by atoms with E-state index >= 15 is 0 Å². The third kappa shape index (κ3) is 4.69. The van der Waals surface area contributed by atoms with E-state index in [1.165, 1.54) is 5.56 Å². The average molecular weight is 373 g/mol. The van der Waals surface area contributed by atoms with E-state index in [1.54, 1.807) is 11.3 Å². The standard InChI is InChI=1S/C20H28N4OS/c1-14-19(26-16(3)21-14)15(2)22-20(25)18-7-5-17(6-8-18)13-24-11-9-23(4)10-12-24/h5-8,15H,9-13H2,1-4H3,(H,22,25). The molecule has 1 amide bonds. The average Bonchev–Trinajstić information content (AvgIpc) is 2.96. The van der Waals surface area contributed by atoms with Crippen molar-refractivity contribution in [2.75, 3.05) is 33.2 Å². The zero-order chi connectivity index (χ0) is 18.7. The van der Waals surface area contributed by atoms with Gasteiger partial charge in [0.2, 0.25) is 0 Å². The van der Waals surface area contributed by atoms with E-state index in [2.05, 4.69) is 39.3 Å². The van der Waals surface area contributed by atoms with Crippen molar-refractivity contribution < 1.29 is 4.79 Å². The van der Waals surface area contributed by atoms with E-state index in [9.17, 15) is 4.79 Å². The summed E-state index contributed by atoms with van der Waals surface area (Å²) in [5, 5.41) is 4.12. The number of hydrogen-bond donors (Lipinski definition) is 1. The Morgan fingerprint density at radius 2 is 1.85 bits per heavy atom. The first-order valence-electron chi connectivity index (χ1n) is 9.17. The molecule has 2 aromatic rings. The quantitative estimate of drug-likeness (QED) is 0.877. The lowest BCUT2D eigenvalue weighted by molar-refractivity contribution is 0.0940. The van der Waals surface area contributed by atoms with Crippen molar-refractivity contribution >= 4 is 17.2 Å². The smallest absolute Gasteiger partial charge is 0.251 e. The van der Waals surface area contributed by atoms with Gasteiger partial charge >= 0.3 is 0 Å². The molecule has 0 spiro atoms. The molecule has 1 N–H and O–H groups in total. The summed E-state index contributed by atoms with van der Waals surface area (Å²) in [6.45, 7) is 11.4. The van der Waals surface area contributed by atoms with Gasteiger partial charge in [-0.05, 0) is 45.5 Å². The summed E-state index contributed by atoms with van der Waals surface area (Å²) >= 11 is 1.65. The van der Waals surface area contributed by atoms with Gasteiger partial charge in [-0.25, -0.2) is 4.98 Å². The molecule has 1 aromatic heterocycles. The molecule has 5 nitrogen and oxygen atoms in total. The third-order valence-electron chi connectivity index (χ3n) is 4.90. The Kier molecular flexibility index (Phi) is 6.06. The van der Waals surface area contributed by atoms with Gasteiger partial charge in [-0.2, -0.15) is 0 Å². The van der Waals surface area contributed by atoms with Crippen LogP contribution in [0.1, 0.15) is 44.5 Å². The van der Waals surface area contributed by atoms with Crippen LogP contribution >= 0.6 is 11.3 Å². The van der Waals surface area contributed by atoms with Crippen molar-refractivity contribution in [3.8, 4) is 0 Å². The zero-order valence-electron chi connectivity index (χ0n) is 16.1. The number of aryl methyl sites for hydroxylation is 2. The highest BCUT2D eigenvalue weighted by Crippen LogP contribution is 2.24. The maximum Gasteiger partial charge on any atom is 0.251 e. The Morgan fingerprint density at radius 1 is 1.19 bits per heavy atom. The Balaban J connectivity index is 1.57. The summed E-state index contributed by atoms with van der Waals surface area (Å²) < 4.78 is 0. The number of rotatable bonds is 5.